The first kappa shape index (κ1) is 78.5. The molecule has 0 spiro atoms. The van der Waals surface area contributed by atoms with Gasteiger partial charge < -0.3 is 19.4 Å². The molecule has 0 saturated carbocycles. The minimum Gasteiger partial charge on any atom is -0.456 e. The number of nitrogens with one attached hydrogen (secondary N) is 1. The third-order valence-electron chi connectivity index (χ3n) is 16.1. The van der Waals surface area contributed by atoms with Gasteiger partial charge in [0, 0.05) is 12.8 Å². The maximum Gasteiger partial charge on any atom is 0.472 e. The van der Waals surface area contributed by atoms with E-state index < -0.39 is 20.0 Å². The van der Waals surface area contributed by atoms with Gasteiger partial charge in [0.15, 0.2) is 0 Å². The molecule has 0 aromatic heterocycles. The molecule has 0 heterocycles. The van der Waals surface area contributed by atoms with Gasteiger partial charge in [-0.05, 0) is 57.4 Å². The van der Waals surface area contributed by atoms with Crippen molar-refractivity contribution in [3.05, 3.63) is 24.3 Å². The standard InChI is InChI=1S/C70H137N2O7P/c1-7-10-13-16-19-22-25-28-30-32-34-35-36-37-39-40-42-44-47-50-53-56-59-62-69(73)71-67(66-78-80(75,76)77-65-64-72(4,5)6)68(61-58-55-52-49-46-27-24-21-18-15-12-9-3)79-70(74)63-60-57-54-51-48-45-43-41-38-33-31-29-26-23-20-17-14-11-8-2/h28,30,58,61,67-68H,7-27,29,31-57,59-60,62-66H2,1-6H3,(H-,71,73,75,76)/p+1/b30-28+,61-58+. The van der Waals surface area contributed by atoms with Crippen molar-refractivity contribution in [2.24, 2.45) is 0 Å². The average Bonchev–Trinajstić information content (AvgIpc) is 3.42. The first-order chi connectivity index (χ1) is 38.9. The number of carbonyl (C=O) groups is 2. The molecule has 0 rings (SSSR count). The first-order valence-corrected chi connectivity index (χ1v) is 36.7. The largest absolute Gasteiger partial charge is 0.472 e. The summed E-state index contributed by atoms with van der Waals surface area (Å²) >= 11 is 0. The molecule has 9 nitrogen and oxygen atoms in total. The summed E-state index contributed by atoms with van der Waals surface area (Å²) in [4.78, 5) is 37.9. The third kappa shape index (κ3) is 61.1. The number of amides is 1. The van der Waals surface area contributed by atoms with Gasteiger partial charge >= 0.3 is 13.8 Å². The molecular formula is C70H138N2O7P+. The Kier molecular flexibility index (Phi) is 59.5. The Morgan fingerprint density at radius 3 is 1.06 bits per heavy atom. The van der Waals surface area contributed by atoms with Crippen LogP contribution in [0.5, 0.6) is 0 Å². The number of quaternary nitrogens is 1. The molecule has 80 heavy (non-hydrogen) atoms. The fourth-order valence-electron chi connectivity index (χ4n) is 10.7. The zero-order chi connectivity index (χ0) is 58.6. The fourth-order valence-corrected chi connectivity index (χ4v) is 11.4. The number of phosphoric ester groups is 1. The topological polar surface area (TPSA) is 111 Å². The molecule has 3 unspecified atom stereocenters. The first-order valence-electron chi connectivity index (χ1n) is 35.2. The van der Waals surface area contributed by atoms with Gasteiger partial charge in [-0.1, -0.05) is 315 Å². The Bertz CT molecular complexity index is 1420. The molecule has 0 fully saturated rings. The lowest BCUT2D eigenvalue weighted by molar-refractivity contribution is -0.870. The summed E-state index contributed by atoms with van der Waals surface area (Å²) in [7, 11) is 1.52. The number of hydrogen-bond donors (Lipinski definition) is 2. The van der Waals surface area contributed by atoms with Gasteiger partial charge in [0.05, 0.1) is 33.8 Å². The second kappa shape index (κ2) is 60.6. The predicted octanol–water partition coefficient (Wildman–Crippen LogP) is 22.1. The maximum absolute atomic E-state index is 13.6. The van der Waals surface area contributed by atoms with E-state index in [1.165, 1.54) is 270 Å². The zero-order valence-electron chi connectivity index (χ0n) is 54.4. The molecule has 3 atom stereocenters. The van der Waals surface area contributed by atoms with Crippen molar-refractivity contribution in [1.82, 2.24) is 5.32 Å². The van der Waals surface area contributed by atoms with Crippen LogP contribution in [0.4, 0.5) is 0 Å². The molecule has 0 radical (unpaired) electrons. The third-order valence-corrected chi connectivity index (χ3v) is 17.1. The molecule has 0 saturated heterocycles. The number of likely N-dealkylation sites (N-methyl/N-ethyl adjacent to an activating group) is 1. The summed E-state index contributed by atoms with van der Waals surface area (Å²) in [6.07, 6.45) is 73.3. The van der Waals surface area contributed by atoms with Crippen LogP contribution in [0.2, 0.25) is 0 Å². The zero-order valence-corrected chi connectivity index (χ0v) is 55.2. The van der Waals surface area contributed by atoms with Crippen molar-refractivity contribution in [3.63, 3.8) is 0 Å². The highest BCUT2D eigenvalue weighted by molar-refractivity contribution is 7.47. The van der Waals surface area contributed by atoms with Crippen molar-refractivity contribution in [2.45, 2.75) is 373 Å². The van der Waals surface area contributed by atoms with E-state index in [0.29, 0.717) is 23.9 Å². The SMILES string of the molecule is CCCCCCCC/C=C/CCCCCCCCCCCCCCCC(=O)NC(COP(=O)(O)OCC[N+](C)(C)C)C(/C=C/CCCCCCCCCCCC)OC(=O)CCCCCCCCCCCCCCCCCCCCC. The van der Waals surface area contributed by atoms with Crippen molar-refractivity contribution in [3.8, 4) is 0 Å². The van der Waals surface area contributed by atoms with Crippen LogP contribution in [0.15, 0.2) is 24.3 Å². The van der Waals surface area contributed by atoms with E-state index in [0.717, 1.165) is 57.8 Å². The predicted molar refractivity (Wildman–Crippen MR) is 346 cm³/mol. The monoisotopic (exact) mass is 1150 g/mol. The number of rotatable bonds is 65. The van der Waals surface area contributed by atoms with Gasteiger partial charge in [0.2, 0.25) is 5.91 Å². The second-order valence-corrected chi connectivity index (χ2v) is 26.9. The van der Waals surface area contributed by atoms with Crippen LogP contribution in [0.1, 0.15) is 361 Å². The summed E-state index contributed by atoms with van der Waals surface area (Å²) in [5.41, 5.74) is 0. The molecule has 2 N–H and O–H groups in total. The van der Waals surface area contributed by atoms with Gasteiger partial charge in [-0.15, -0.1) is 0 Å². The van der Waals surface area contributed by atoms with Crippen LogP contribution in [0.25, 0.3) is 0 Å². The van der Waals surface area contributed by atoms with E-state index in [9.17, 15) is 19.0 Å². The van der Waals surface area contributed by atoms with Crippen molar-refractivity contribution in [2.75, 3.05) is 40.9 Å². The van der Waals surface area contributed by atoms with Gasteiger partial charge in [-0.25, -0.2) is 4.57 Å². The number of esters is 1. The Balaban J connectivity index is 5.06. The molecule has 0 aliphatic heterocycles. The highest BCUT2D eigenvalue weighted by Gasteiger charge is 2.30. The number of nitrogens with zero attached hydrogens (tertiary/aromatic N) is 1. The number of hydrogen-bond acceptors (Lipinski definition) is 6. The Hall–Kier alpha value is -1.51. The van der Waals surface area contributed by atoms with Crippen LogP contribution < -0.4 is 5.32 Å². The van der Waals surface area contributed by atoms with Crippen molar-refractivity contribution in [1.29, 1.82) is 0 Å². The molecule has 0 aliphatic carbocycles. The van der Waals surface area contributed by atoms with E-state index in [1.54, 1.807) is 0 Å². The van der Waals surface area contributed by atoms with Gasteiger partial charge in [-0.2, -0.15) is 0 Å². The highest BCUT2D eigenvalue weighted by atomic mass is 31.2. The average molecular weight is 1150 g/mol. The number of carbonyl (C=O) groups excluding carboxylic acids is 2. The van der Waals surface area contributed by atoms with E-state index in [2.05, 4.69) is 38.2 Å². The molecular weight excluding hydrogens is 1010 g/mol. The number of ether oxygens (including phenoxy) is 1. The Labute approximate surface area is 498 Å². The quantitative estimate of drug-likeness (QED) is 0.0205. The molecule has 1 amide bonds. The maximum atomic E-state index is 13.6. The van der Waals surface area contributed by atoms with E-state index in [1.807, 2.05) is 33.3 Å². The molecule has 0 aromatic rings. The van der Waals surface area contributed by atoms with Gasteiger partial charge in [-0.3, -0.25) is 18.6 Å². The van der Waals surface area contributed by atoms with Crippen LogP contribution in [-0.2, 0) is 27.9 Å². The van der Waals surface area contributed by atoms with Crippen LogP contribution in [0.3, 0.4) is 0 Å². The van der Waals surface area contributed by atoms with E-state index in [-0.39, 0.29) is 25.1 Å². The normalized spacial score (nSPS) is 13.6. The lowest BCUT2D eigenvalue weighted by Crippen LogP contribution is -2.47. The van der Waals surface area contributed by atoms with Crippen molar-refractivity contribution >= 4 is 19.7 Å². The smallest absolute Gasteiger partial charge is 0.456 e. The Morgan fingerprint density at radius 2 is 0.725 bits per heavy atom. The minimum absolute atomic E-state index is 0.0444. The highest BCUT2D eigenvalue weighted by Crippen LogP contribution is 2.43. The minimum atomic E-state index is -4.45. The van der Waals surface area contributed by atoms with E-state index >= 15 is 0 Å². The molecule has 0 aromatic carbocycles. The van der Waals surface area contributed by atoms with E-state index in [4.69, 9.17) is 13.8 Å². The lowest BCUT2D eigenvalue weighted by atomic mass is 10.0. The summed E-state index contributed by atoms with van der Waals surface area (Å²) in [5.74, 6) is -0.482. The fraction of sp³-hybridized carbons (Fsp3) is 0.914. The number of unbranched alkanes of at least 4 members (excludes halogenated alkanes) is 47. The summed E-state index contributed by atoms with van der Waals surface area (Å²) in [5, 5.41) is 3.08. The molecule has 10 heteroatoms. The molecule has 474 valence electrons. The summed E-state index contributed by atoms with van der Waals surface area (Å²) in [6.45, 7) is 7.07. The van der Waals surface area contributed by atoms with Gasteiger partial charge in [0.1, 0.15) is 19.3 Å². The van der Waals surface area contributed by atoms with Crippen molar-refractivity contribution < 1.29 is 37.3 Å². The number of allylic oxidation sites excluding steroid dienone is 3. The second-order valence-electron chi connectivity index (χ2n) is 25.4. The Morgan fingerprint density at radius 1 is 0.425 bits per heavy atom. The summed E-state index contributed by atoms with van der Waals surface area (Å²) < 4.78 is 30.8. The lowest BCUT2D eigenvalue weighted by Gasteiger charge is -2.27. The van der Waals surface area contributed by atoms with Crippen LogP contribution in [0, 0.1) is 0 Å². The number of phosphoric acid groups is 1. The van der Waals surface area contributed by atoms with Crippen LogP contribution in [-0.4, -0.2) is 74.3 Å². The molecule has 0 bridgehead atoms. The van der Waals surface area contributed by atoms with Gasteiger partial charge in [0.25, 0.3) is 0 Å². The van der Waals surface area contributed by atoms with Crippen LogP contribution >= 0.6 is 7.82 Å². The summed E-state index contributed by atoms with van der Waals surface area (Å²) in [6, 6.07) is -0.843. The molecule has 0 aliphatic rings.